The first-order valence-corrected chi connectivity index (χ1v) is 6.72. The van der Waals surface area contributed by atoms with Crippen molar-refractivity contribution in [1.29, 1.82) is 0 Å². The van der Waals surface area contributed by atoms with Gasteiger partial charge in [-0.05, 0) is 45.9 Å². The maximum atomic E-state index is 2.67. The second kappa shape index (κ2) is 6.49. The quantitative estimate of drug-likeness (QED) is 0.691. The standard InChI is InChI=1S/C13H28N2/c1-5-14(6-2)12(4)13-10-8-9-11-15(13)7-3/h12-13H,5-11H2,1-4H3. The zero-order valence-corrected chi connectivity index (χ0v) is 11.0. The van der Waals surface area contributed by atoms with Gasteiger partial charge >= 0.3 is 0 Å². The third-order valence-electron chi connectivity index (χ3n) is 4.02. The molecule has 0 aromatic rings. The fourth-order valence-electron chi connectivity index (χ4n) is 3.00. The molecule has 1 fully saturated rings. The van der Waals surface area contributed by atoms with Crippen LogP contribution in [0.1, 0.15) is 47.0 Å². The molecule has 2 nitrogen and oxygen atoms in total. The number of hydrogen-bond acceptors (Lipinski definition) is 2. The van der Waals surface area contributed by atoms with Gasteiger partial charge in [-0.1, -0.05) is 27.2 Å². The average molecular weight is 212 g/mol. The smallest absolute Gasteiger partial charge is 0.0248 e. The van der Waals surface area contributed by atoms with Crippen molar-refractivity contribution in [1.82, 2.24) is 9.80 Å². The Morgan fingerprint density at radius 3 is 2.40 bits per heavy atom. The van der Waals surface area contributed by atoms with Crippen molar-refractivity contribution >= 4 is 0 Å². The van der Waals surface area contributed by atoms with E-state index in [-0.39, 0.29) is 0 Å². The molecule has 0 aromatic carbocycles. The van der Waals surface area contributed by atoms with Gasteiger partial charge < -0.3 is 0 Å². The maximum Gasteiger partial charge on any atom is 0.0248 e. The van der Waals surface area contributed by atoms with Crippen LogP contribution in [-0.4, -0.2) is 48.1 Å². The molecule has 1 heterocycles. The van der Waals surface area contributed by atoms with Gasteiger partial charge in [0.1, 0.15) is 0 Å². The Kier molecular flexibility index (Phi) is 5.62. The van der Waals surface area contributed by atoms with Crippen LogP contribution in [0.25, 0.3) is 0 Å². The Balaban J connectivity index is 2.57. The summed E-state index contributed by atoms with van der Waals surface area (Å²) in [6, 6.07) is 1.52. The third kappa shape index (κ3) is 3.18. The van der Waals surface area contributed by atoms with Gasteiger partial charge in [0.05, 0.1) is 0 Å². The molecule has 1 aliphatic rings. The predicted octanol–water partition coefficient (Wildman–Crippen LogP) is 2.59. The van der Waals surface area contributed by atoms with E-state index in [1.807, 2.05) is 0 Å². The second-order valence-electron chi connectivity index (χ2n) is 4.65. The summed E-state index contributed by atoms with van der Waals surface area (Å²) in [5.41, 5.74) is 0. The summed E-state index contributed by atoms with van der Waals surface area (Å²) in [6.07, 6.45) is 4.22. The highest BCUT2D eigenvalue weighted by atomic mass is 15.2. The van der Waals surface area contributed by atoms with Gasteiger partial charge in [0.2, 0.25) is 0 Å². The minimum absolute atomic E-state index is 0.722. The van der Waals surface area contributed by atoms with Gasteiger partial charge in [-0.25, -0.2) is 0 Å². The number of nitrogens with zero attached hydrogens (tertiary/aromatic N) is 2. The summed E-state index contributed by atoms with van der Waals surface area (Å²) < 4.78 is 0. The molecule has 1 rings (SSSR count). The van der Waals surface area contributed by atoms with Crippen LogP contribution in [0.5, 0.6) is 0 Å². The molecular weight excluding hydrogens is 184 g/mol. The first kappa shape index (κ1) is 13.0. The minimum atomic E-state index is 0.722. The number of likely N-dealkylation sites (N-methyl/N-ethyl adjacent to an activating group) is 2. The molecule has 1 saturated heterocycles. The van der Waals surface area contributed by atoms with Gasteiger partial charge in [0.15, 0.2) is 0 Å². The average Bonchev–Trinajstić information content (AvgIpc) is 2.30. The fraction of sp³-hybridized carbons (Fsp3) is 1.00. The monoisotopic (exact) mass is 212 g/mol. The van der Waals surface area contributed by atoms with Crippen LogP contribution in [0.4, 0.5) is 0 Å². The van der Waals surface area contributed by atoms with Crippen molar-refractivity contribution in [2.45, 2.75) is 59.0 Å². The van der Waals surface area contributed by atoms with E-state index in [0.29, 0.717) is 0 Å². The van der Waals surface area contributed by atoms with Crippen LogP contribution in [0.3, 0.4) is 0 Å². The van der Waals surface area contributed by atoms with E-state index in [4.69, 9.17) is 0 Å². The summed E-state index contributed by atoms with van der Waals surface area (Å²) >= 11 is 0. The summed E-state index contributed by atoms with van der Waals surface area (Å²) in [5.74, 6) is 0. The van der Waals surface area contributed by atoms with Crippen LogP contribution in [-0.2, 0) is 0 Å². The summed E-state index contributed by atoms with van der Waals surface area (Å²) in [7, 11) is 0. The van der Waals surface area contributed by atoms with Crippen molar-refractivity contribution in [2.24, 2.45) is 0 Å². The maximum absolute atomic E-state index is 2.67. The van der Waals surface area contributed by atoms with Crippen LogP contribution >= 0.6 is 0 Å². The molecule has 15 heavy (non-hydrogen) atoms. The second-order valence-corrected chi connectivity index (χ2v) is 4.65. The third-order valence-corrected chi connectivity index (χ3v) is 4.02. The van der Waals surface area contributed by atoms with Crippen molar-refractivity contribution in [3.8, 4) is 0 Å². The Morgan fingerprint density at radius 1 is 1.20 bits per heavy atom. The Labute approximate surface area is 95.6 Å². The van der Waals surface area contributed by atoms with E-state index >= 15 is 0 Å². The van der Waals surface area contributed by atoms with E-state index in [1.54, 1.807) is 0 Å². The summed E-state index contributed by atoms with van der Waals surface area (Å²) in [4.78, 5) is 5.27. The zero-order chi connectivity index (χ0) is 11.3. The molecule has 0 spiro atoms. The molecular formula is C13H28N2. The number of hydrogen-bond donors (Lipinski definition) is 0. The molecule has 0 radical (unpaired) electrons. The molecule has 90 valence electrons. The molecule has 2 unspecified atom stereocenters. The molecule has 2 atom stereocenters. The van der Waals surface area contributed by atoms with Crippen LogP contribution < -0.4 is 0 Å². The lowest BCUT2D eigenvalue weighted by Gasteiger charge is -2.42. The van der Waals surface area contributed by atoms with Crippen molar-refractivity contribution in [3.63, 3.8) is 0 Å². The van der Waals surface area contributed by atoms with Gasteiger partial charge in [-0.2, -0.15) is 0 Å². The Hall–Kier alpha value is -0.0800. The normalized spacial score (nSPS) is 25.8. The van der Waals surface area contributed by atoms with Crippen LogP contribution in [0, 0.1) is 0 Å². The highest BCUT2D eigenvalue weighted by Crippen LogP contribution is 2.22. The highest BCUT2D eigenvalue weighted by molar-refractivity contribution is 4.85. The Bertz CT molecular complexity index is 166. The SMILES string of the molecule is CCN(CC)C(C)C1CCCCN1CC. The van der Waals surface area contributed by atoms with Gasteiger partial charge in [0, 0.05) is 12.1 Å². The molecule has 1 aliphatic heterocycles. The van der Waals surface area contributed by atoms with Gasteiger partial charge in [-0.3, -0.25) is 9.80 Å². The Morgan fingerprint density at radius 2 is 1.87 bits per heavy atom. The van der Waals surface area contributed by atoms with Gasteiger partial charge in [0.25, 0.3) is 0 Å². The van der Waals surface area contributed by atoms with Crippen molar-refractivity contribution < 1.29 is 0 Å². The van der Waals surface area contributed by atoms with Crippen LogP contribution in [0.15, 0.2) is 0 Å². The largest absolute Gasteiger partial charge is 0.300 e. The molecule has 2 heteroatoms. The molecule has 0 aliphatic carbocycles. The predicted molar refractivity (Wildman–Crippen MR) is 67.3 cm³/mol. The minimum Gasteiger partial charge on any atom is -0.300 e. The van der Waals surface area contributed by atoms with E-state index in [2.05, 4.69) is 37.5 Å². The number of rotatable bonds is 5. The van der Waals surface area contributed by atoms with E-state index in [0.717, 1.165) is 12.1 Å². The van der Waals surface area contributed by atoms with E-state index in [1.165, 1.54) is 45.4 Å². The lowest BCUT2D eigenvalue weighted by Crippen LogP contribution is -2.52. The lowest BCUT2D eigenvalue weighted by atomic mass is 9.95. The number of piperidine rings is 1. The van der Waals surface area contributed by atoms with E-state index < -0.39 is 0 Å². The van der Waals surface area contributed by atoms with Crippen LogP contribution in [0.2, 0.25) is 0 Å². The first-order valence-electron chi connectivity index (χ1n) is 6.72. The summed E-state index contributed by atoms with van der Waals surface area (Å²) in [5, 5.41) is 0. The van der Waals surface area contributed by atoms with Crippen molar-refractivity contribution in [3.05, 3.63) is 0 Å². The summed E-state index contributed by atoms with van der Waals surface area (Å²) in [6.45, 7) is 14.2. The topological polar surface area (TPSA) is 6.48 Å². The fourth-order valence-corrected chi connectivity index (χ4v) is 3.00. The molecule has 0 N–H and O–H groups in total. The number of likely N-dealkylation sites (tertiary alicyclic amines) is 1. The molecule has 0 saturated carbocycles. The van der Waals surface area contributed by atoms with E-state index in [9.17, 15) is 0 Å². The van der Waals surface area contributed by atoms with Crippen molar-refractivity contribution in [2.75, 3.05) is 26.2 Å². The molecule has 0 amide bonds. The highest BCUT2D eigenvalue weighted by Gasteiger charge is 2.28. The van der Waals surface area contributed by atoms with Gasteiger partial charge in [-0.15, -0.1) is 0 Å². The lowest BCUT2D eigenvalue weighted by molar-refractivity contribution is 0.0687. The zero-order valence-electron chi connectivity index (χ0n) is 11.0. The molecule has 0 bridgehead atoms. The first-order chi connectivity index (χ1) is 7.24. The molecule has 0 aromatic heterocycles.